The lowest BCUT2D eigenvalue weighted by Crippen LogP contribution is -2.49. The molecule has 0 atom stereocenters. The van der Waals surface area contributed by atoms with Crippen LogP contribution in [0.15, 0.2) is 35.1 Å². The van der Waals surface area contributed by atoms with E-state index < -0.39 is 17.4 Å². The Kier molecular flexibility index (Phi) is 10.6. The first kappa shape index (κ1) is 34.3. The molecule has 0 bridgehead atoms. The molecule has 14 heteroatoms. The molecule has 3 aromatic rings. The number of piperidine rings is 2. The highest BCUT2D eigenvalue weighted by atomic mass is 19.1. The van der Waals surface area contributed by atoms with E-state index in [0.29, 0.717) is 54.6 Å². The molecule has 0 unspecified atom stereocenters. The number of likely N-dealkylation sites (tertiary alicyclic amines) is 1. The minimum Gasteiger partial charge on any atom is -0.493 e. The van der Waals surface area contributed by atoms with Crippen molar-refractivity contribution in [3.63, 3.8) is 0 Å². The number of aromatic nitrogens is 2. The van der Waals surface area contributed by atoms with Crippen LogP contribution in [-0.2, 0) is 20.9 Å². The van der Waals surface area contributed by atoms with Crippen LogP contribution in [0.1, 0.15) is 50.8 Å². The Balaban J connectivity index is 0.855. The molecule has 0 radical (unpaired) electrons. The van der Waals surface area contributed by atoms with Crippen LogP contribution in [0.25, 0.3) is 10.9 Å². The second-order valence-corrected chi connectivity index (χ2v) is 13.8. The van der Waals surface area contributed by atoms with Gasteiger partial charge in [-0.3, -0.25) is 19.8 Å². The fourth-order valence-corrected chi connectivity index (χ4v) is 7.44. The minimum atomic E-state index is -0.658. The molecule has 2 aromatic carbocycles. The Morgan fingerprint density at radius 3 is 2.38 bits per heavy atom. The third kappa shape index (κ3) is 8.08. The number of urea groups is 1. The maximum absolute atomic E-state index is 15.2. The summed E-state index contributed by atoms with van der Waals surface area (Å²) in [7, 11) is 0. The number of imide groups is 1. The van der Waals surface area contributed by atoms with Gasteiger partial charge in [-0.1, -0.05) is 0 Å². The monoisotopic (exact) mass is 694 g/mol. The zero-order valence-electron chi connectivity index (χ0n) is 28.1. The fourth-order valence-electron chi connectivity index (χ4n) is 7.44. The van der Waals surface area contributed by atoms with Gasteiger partial charge in [-0.05, 0) is 81.6 Å². The number of fused-ring (bicyclic) bond motifs is 1. The lowest BCUT2D eigenvalue weighted by atomic mass is 9.93. The van der Waals surface area contributed by atoms with Crippen LogP contribution in [0.4, 0.5) is 25.0 Å². The van der Waals surface area contributed by atoms with Gasteiger partial charge in [0.05, 0.1) is 23.9 Å². The quantitative estimate of drug-likeness (QED) is 0.318. The standard InChI is InChI=1S/C36H44F2N6O6/c37-28-17-25(44-14-7-33(45)41-36(44)47)1-2-31(28)43-12-5-23(6-13-43)20-42-10-3-24(4-11-42)21-49-27-18-29(38)34-30(19-27)39-32(40-35(34)46)22-50-26-8-15-48-16-9-26/h1-2,17-19,23-24,26H,3-16,20-22H2,(H,39,40,46)(H,41,45,47). The summed E-state index contributed by atoms with van der Waals surface area (Å²) < 4.78 is 47.4. The number of anilines is 2. The van der Waals surface area contributed by atoms with Gasteiger partial charge in [-0.25, -0.2) is 18.6 Å². The largest absolute Gasteiger partial charge is 0.493 e. The van der Waals surface area contributed by atoms with E-state index >= 15 is 4.39 Å². The van der Waals surface area contributed by atoms with Crippen LogP contribution in [0.5, 0.6) is 5.75 Å². The van der Waals surface area contributed by atoms with Gasteiger partial charge in [0.1, 0.15) is 35.2 Å². The molecule has 4 fully saturated rings. The molecule has 3 amide bonds. The molecule has 0 saturated carbocycles. The molecule has 12 nitrogen and oxygen atoms in total. The molecule has 4 aliphatic rings. The normalized spacial score (nSPS) is 20.4. The smallest absolute Gasteiger partial charge is 0.328 e. The van der Waals surface area contributed by atoms with Gasteiger partial charge in [-0.2, -0.15) is 0 Å². The summed E-state index contributed by atoms with van der Waals surface area (Å²) in [6.07, 6.45) is 5.70. The van der Waals surface area contributed by atoms with Gasteiger partial charge >= 0.3 is 6.03 Å². The Bertz CT molecular complexity index is 1750. The van der Waals surface area contributed by atoms with Crippen molar-refractivity contribution in [3.8, 4) is 5.75 Å². The maximum Gasteiger partial charge on any atom is 0.328 e. The summed E-state index contributed by atoms with van der Waals surface area (Å²) in [5, 5.41) is 2.19. The number of nitrogens with zero attached hydrogens (tertiary/aromatic N) is 4. The Morgan fingerprint density at radius 1 is 0.880 bits per heavy atom. The number of amides is 3. The highest BCUT2D eigenvalue weighted by molar-refractivity contribution is 6.05. The maximum atomic E-state index is 15.2. The molecule has 4 aliphatic heterocycles. The van der Waals surface area contributed by atoms with Crippen molar-refractivity contribution in [3.05, 3.63) is 58.1 Å². The van der Waals surface area contributed by atoms with Gasteiger partial charge in [-0.15, -0.1) is 0 Å². The Labute approximate surface area is 289 Å². The third-order valence-corrected chi connectivity index (χ3v) is 10.4. The first-order chi connectivity index (χ1) is 24.3. The minimum absolute atomic E-state index is 0.0465. The van der Waals surface area contributed by atoms with Crippen molar-refractivity contribution in [1.82, 2.24) is 20.2 Å². The van der Waals surface area contributed by atoms with Gasteiger partial charge < -0.3 is 29.0 Å². The van der Waals surface area contributed by atoms with Crippen LogP contribution in [-0.4, -0.2) is 92.0 Å². The molecular weight excluding hydrogens is 650 g/mol. The first-order valence-electron chi connectivity index (χ1n) is 17.7. The lowest BCUT2D eigenvalue weighted by Gasteiger charge is -2.38. The number of carbonyl (C=O) groups is 2. The third-order valence-electron chi connectivity index (χ3n) is 10.4. The van der Waals surface area contributed by atoms with Gasteiger partial charge in [0.25, 0.3) is 5.56 Å². The van der Waals surface area contributed by atoms with Crippen molar-refractivity contribution >= 4 is 34.2 Å². The summed E-state index contributed by atoms with van der Waals surface area (Å²) in [5.74, 6) is 0.234. The first-order valence-corrected chi connectivity index (χ1v) is 17.7. The van der Waals surface area contributed by atoms with Crippen molar-refractivity contribution in [2.45, 2.75) is 57.7 Å². The zero-order valence-corrected chi connectivity index (χ0v) is 28.1. The predicted octanol–water partition coefficient (Wildman–Crippen LogP) is 4.35. The fraction of sp³-hybridized carbons (Fsp3) is 0.556. The van der Waals surface area contributed by atoms with E-state index in [9.17, 15) is 18.8 Å². The number of benzene rings is 2. The number of halogens is 2. The van der Waals surface area contributed by atoms with Crippen LogP contribution >= 0.6 is 0 Å². The Hall–Kier alpha value is -4.14. The van der Waals surface area contributed by atoms with Crippen molar-refractivity contribution in [1.29, 1.82) is 0 Å². The highest BCUT2D eigenvalue weighted by Gasteiger charge is 2.28. The van der Waals surface area contributed by atoms with Crippen LogP contribution in [0.2, 0.25) is 0 Å². The molecule has 4 saturated heterocycles. The molecule has 50 heavy (non-hydrogen) atoms. The SMILES string of the molecule is O=C1CCN(c2ccc(N3CCC(CN4CCC(COc5cc(F)c6c(=O)[nH]c(COC7CCOCC7)nc6c5)CC4)CC3)c(F)c2)C(=O)N1. The molecule has 0 aliphatic carbocycles. The van der Waals surface area contributed by atoms with Crippen LogP contribution in [0.3, 0.4) is 0 Å². The summed E-state index contributed by atoms with van der Waals surface area (Å²) >= 11 is 0. The number of nitrogens with one attached hydrogen (secondary N) is 2. The molecule has 0 spiro atoms. The Morgan fingerprint density at radius 2 is 1.64 bits per heavy atom. The summed E-state index contributed by atoms with van der Waals surface area (Å²) in [6.45, 7) is 6.57. The second kappa shape index (κ2) is 15.4. The lowest BCUT2D eigenvalue weighted by molar-refractivity contribution is -0.120. The van der Waals surface area contributed by atoms with Crippen molar-refractivity contribution in [2.24, 2.45) is 11.8 Å². The predicted molar refractivity (Wildman–Crippen MR) is 182 cm³/mol. The van der Waals surface area contributed by atoms with Gasteiger partial charge in [0.2, 0.25) is 5.91 Å². The van der Waals surface area contributed by atoms with E-state index in [0.717, 1.165) is 71.2 Å². The molecular formula is C36H44F2N6O6. The number of H-pyrrole nitrogens is 1. The number of carbonyl (C=O) groups excluding carboxylic acids is 2. The number of hydrogen-bond donors (Lipinski definition) is 2. The van der Waals surface area contributed by atoms with Crippen molar-refractivity contribution in [2.75, 3.05) is 68.9 Å². The van der Waals surface area contributed by atoms with Gasteiger partial charge in [0.15, 0.2) is 0 Å². The average molecular weight is 695 g/mol. The summed E-state index contributed by atoms with van der Waals surface area (Å²) in [6, 6.07) is 7.21. The second-order valence-electron chi connectivity index (χ2n) is 13.8. The number of ether oxygens (including phenoxy) is 3. The van der Waals surface area contributed by atoms with E-state index in [1.54, 1.807) is 18.2 Å². The molecule has 2 N–H and O–H groups in total. The summed E-state index contributed by atoms with van der Waals surface area (Å²) in [5.41, 5.74) is 0.698. The van der Waals surface area contributed by atoms with Gasteiger partial charge in [0, 0.05) is 63.6 Å². The van der Waals surface area contributed by atoms with E-state index in [4.69, 9.17) is 14.2 Å². The van der Waals surface area contributed by atoms with E-state index in [1.807, 2.05) is 0 Å². The van der Waals surface area contributed by atoms with E-state index in [-0.39, 0.29) is 48.3 Å². The number of hydrogen-bond acceptors (Lipinski definition) is 9. The average Bonchev–Trinajstić information content (AvgIpc) is 3.11. The number of aromatic amines is 1. The highest BCUT2D eigenvalue weighted by Crippen LogP contribution is 2.31. The zero-order chi connectivity index (χ0) is 34.6. The van der Waals surface area contributed by atoms with E-state index in [1.165, 1.54) is 17.0 Å². The molecule has 7 rings (SSSR count). The molecule has 268 valence electrons. The van der Waals surface area contributed by atoms with E-state index in [2.05, 4.69) is 25.1 Å². The van der Waals surface area contributed by atoms with Crippen LogP contribution in [0, 0.1) is 23.5 Å². The number of rotatable bonds is 10. The van der Waals surface area contributed by atoms with Crippen molar-refractivity contribution < 1.29 is 32.6 Å². The molecule has 5 heterocycles. The summed E-state index contributed by atoms with van der Waals surface area (Å²) in [4.78, 5) is 49.3. The molecule has 1 aromatic heterocycles. The topological polar surface area (TPSA) is 129 Å². The van der Waals surface area contributed by atoms with Crippen LogP contribution < -0.4 is 25.4 Å².